The molecule has 0 saturated carbocycles. The highest BCUT2D eigenvalue weighted by atomic mass is 16.5. The Balaban J connectivity index is 4.96. The summed E-state index contributed by atoms with van der Waals surface area (Å²) < 4.78 is 4.69. The Morgan fingerprint density at radius 1 is 0.800 bits per heavy atom. The van der Waals surface area contributed by atoms with E-state index in [0.717, 1.165) is 0 Å². The van der Waals surface area contributed by atoms with E-state index in [4.69, 9.17) is 15.3 Å². The highest BCUT2D eigenvalue weighted by Crippen LogP contribution is 2.27. The first-order chi connectivity index (χ1) is 9.26. The third kappa shape index (κ3) is 8.06. The van der Waals surface area contributed by atoms with Gasteiger partial charge in [0, 0.05) is 25.7 Å². The fraction of sp³-hybridized carbons (Fsp3) is 0.667. The van der Waals surface area contributed by atoms with Gasteiger partial charge in [-0.3, -0.25) is 19.2 Å². The quantitative estimate of drug-likeness (QED) is 0.497. The molecule has 0 heterocycles. The lowest BCUT2D eigenvalue weighted by Crippen LogP contribution is -2.26. The van der Waals surface area contributed by atoms with E-state index in [2.05, 4.69) is 4.74 Å². The second-order valence-electron chi connectivity index (χ2n) is 4.32. The van der Waals surface area contributed by atoms with E-state index in [9.17, 15) is 19.2 Å². The summed E-state index contributed by atoms with van der Waals surface area (Å²) in [5.74, 6) is -6.20. The van der Waals surface area contributed by atoms with Crippen molar-refractivity contribution in [1.29, 1.82) is 0 Å². The average molecular weight is 290 g/mol. The van der Waals surface area contributed by atoms with Gasteiger partial charge in [-0.05, 0) is 18.8 Å². The maximum absolute atomic E-state index is 11.4. The SMILES string of the molecule is CCOC(=O)CC(CC(=O)O)C(CC(=O)O)CC(=O)O. The third-order valence-corrected chi connectivity index (χ3v) is 2.71. The fourth-order valence-corrected chi connectivity index (χ4v) is 1.92. The van der Waals surface area contributed by atoms with Crippen LogP contribution in [0.5, 0.6) is 0 Å². The van der Waals surface area contributed by atoms with Gasteiger partial charge in [0.1, 0.15) is 0 Å². The molecule has 8 heteroatoms. The molecule has 0 fully saturated rings. The smallest absolute Gasteiger partial charge is 0.306 e. The summed E-state index contributed by atoms with van der Waals surface area (Å²) in [5.41, 5.74) is 0. The molecule has 0 aromatic heterocycles. The lowest BCUT2D eigenvalue weighted by Gasteiger charge is -2.22. The van der Waals surface area contributed by atoms with Gasteiger partial charge in [-0.25, -0.2) is 0 Å². The zero-order valence-electron chi connectivity index (χ0n) is 11.1. The molecule has 0 aliphatic heterocycles. The minimum absolute atomic E-state index is 0.112. The number of carbonyl (C=O) groups is 4. The largest absolute Gasteiger partial charge is 0.481 e. The number of carbonyl (C=O) groups excluding carboxylic acids is 1. The second-order valence-corrected chi connectivity index (χ2v) is 4.32. The van der Waals surface area contributed by atoms with Crippen LogP contribution in [-0.2, 0) is 23.9 Å². The van der Waals surface area contributed by atoms with Gasteiger partial charge in [-0.15, -0.1) is 0 Å². The molecule has 1 atom stereocenters. The van der Waals surface area contributed by atoms with Gasteiger partial charge in [0.25, 0.3) is 0 Å². The number of esters is 1. The Hall–Kier alpha value is -2.12. The van der Waals surface area contributed by atoms with Crippen molar-refractivity contribution < 1.29 is 39.2 Å². The molecule has 0 aliphatic rings. The zero-order chi connectivity index (χ0) is 15.7. The Labute approximate surface area is 115 Å². The summed E-state index contributed by atoms with van der Waals surface area (Å²) in [6.45, 7) is 1.69. The van der Waals surface area contributed by atoms with Crippen molar-refractivity contribution in [3.8, 4) is 0 Å². The highest BCUT2D eigenvalue weighted by molar-refractivity contribution is 5.74. The van der Waals surface area contributed by atoms with E-state index in [0.29, 0.717) is 0 Å². The standard InChI is InChI=1S/C12H18O8/c1-2-20-12(19)6-8(5-11(17)18)7(3-9(13)14)4-10(15)16/h7-8H,2-6H2,1H3,(H,13,14)(H,15,16)(H,17,18). The monoisotopic (exact) mass is 290 g/mol. The van der Waals surface area contributed by atoms with Crippen molar-refractivity contribution in [1.82, 2.24) is 0 Å². The van der Waals surface area contributed by atoms with Crippen LogP contribution >= 0.6 is 0 Å². The first kappa shape index (κ1) is 17.9. The van der Waals surface area contributed by atoms with Crippen LogP contribution in [0.1, 0.15) is 32.6 Å². The van der Waals surface area contributed by atoms with E-state index < -0.39 is 55.0 Å². The molecule has 0 radical (unpaired) electrons. The van der Waals surface area contributed by atoms with Crippen LogP contribution in [0.3, 0.4) is 0 Å². The zero-order valence-corrected chi connectivity index (χ0v) is 11.1. The molecule has 20 heavy (non-hydrogen) atoms. The number of hydrogen-bond donors (Lipinski definition) is 3. The first-order valence-corrected chi connectivity index (χ1v) is 6.07. The van der Waals surface area contributed by atoms with Crippen LogP contribution in [0.2, 0.25) is 0 Å². The van der Waals surface area contributed by atoms with Gasteiger partial charge in [0.05, 0.1) is 6.61 Å². The molecule has 0 saturated heterocycles. The Morgan fingerprint density at radius 2 is 1.15 bits per heavy atom. The van der Waals surface area contributed by atoms with E-state index in [-0.39, 0.29) is 13.0 Å². The molecule has 1 unspecified atom stereocenters. The Morgan fingerprint density at radius 3 is 1.45 bits per heavy atom. The van der Waals surface area contributed by atoms with Gasteiger partial charge in [-0.2, -0.15) is 0 Å². The highest BCUT2D eigenvalue weighted by Gasteiger charge is 2.30. The average Bonchev–Trinajstić information content (AvgIpc) is 2.25. The fourth-order valence-electron chi connectivity index (χ4n) is 1.92. The molecule has 3 N–H and O–H groups in total. The maximum Gasteiger partial charge on any atom is 0.306 e. The van der Waals surface area contributed by atoms with E-state index in [1.54, 1.807) is 6.92 Å². The molecule has 8 nitrogen and oxygen atoms in total. The summed E-state index contributed by atoms with van der Waals surface area (Å²) in [5, 5.41) is 26.3. The third-order valence-electron chi connectivity index (χ3n) is 2.71. The minimum atomic E-state index is -1.24. The maximum atomic E-state index is 11.4. The lowest BCUT2D eigenvalue weighted by atomic mass is 9.82. The van der Waals surface area contributed by atoms with Crippen molar-refractivity contribution in [3.05, 3.63) is 0 Å². The second kappa shape index (κ2) is 8.89. The number of carboxylic acid groups (broad SMARTS) is 3. The van der Waals surface area contributed by atoms with Crippen LogP contribution in [-0.4, -0.2) is 45.8 Å². The number of ether oxygens (including phenoxy) is 1. The molecule has 0 aromatic carbocycles. The van der Waals surface area contributed by atoms with Crippen molar-refractivity contribution in [2.45, 2.75) is 32.6 Å². The topological polar surface area (TPSA) is 138 Å². The summed E-state index contributed by atoms with van der Waals surface area (Å²) in [4.78, 5) is 43.7. The number of rotatable bonds is 10. The normalized spacial score (nSPS) is 11.9. The van der Waals surface area contributed by atoms with Gasteiger partial charge < -0.3 is 20.1 Å². The molecular weight excluding hydrogens is 272 g/mol. The molecular formula is C12H18O8. The minimum Gasteiger partial charge on any atom is -0.481 e. The van der Waals surface area contributed by atoms with E-state index in [1.165, 1.54) is 0 Å². The van der Waals surface area contributed by atoms with E-state index in [1.807, 2.05) is 0 Å². The summed E-state index contributed by atoms with van der Waals surface area (Å²) in [6, 6.07) is 0. The first-order valence-electron chi connectivity index (χ1n) is 6.07. The molecule has 0 rings (SSSR count). The number of carboxylic acids is 3. The van der Waals surface area contributed by atoms with Crippen LogP contribution in [0.4, 0.5) is 0 Å². The van der Waals surface area contributed by atoms with Crippen molar-refractivity contribution >= 4 is 23.9 Å². The van der Waals surface area contributed by atoms with Crippen molar-refractivity contribution in [2.75, 3.05) is 6.61 Å². The predicted molar refractivity (Wildman–Crippen MR) is 65.0 cm³/mol. The Bertz CT molecular complexity index is 360. The molecule has 0 aliphatic carbocycles. The summed E-state index contributed by atoms with van der Waals surface area (Å²) in [7, 11) is 0. The number of aliphatic carboxylic acids is 3. The van der Waals surface area contributed by atoms with Crippen LogP contribution < -0.4 is 0 Å². The van der Waals surface area contributed by atoms with Gasteiger partial charge in [0.15, 0.2) is 0 Å². The molecule has 0 aromatic rings. The van der Waals surface area contributed by atoms with E-state index >= 15 is 0 Å². The number of hydrogen-bond acceptors (Lipinski definition) is 5. The van der Waals surface area contributed by atoms with Crippen LogP contribution in [0, 0.1) is 11.8 Å². The molecule has 0 spiro atoms. The van der Waals surface area contributed by atoms with Gasteiger partial charge in [-0.1, -0.05) is 0 Å². The summed E-state index contributed by atoms with van der Waals surface area (Å²) >= 11 is 0. The predicted octanol–water partition coefficient (Wildman–Crippen LogP) is 0.596. The lowest BCUT2D eigenvalue weighted by molar-refractivity contribution is -0.150. The Kier molecular flexibility index (Phi) is 7.95. The van der Waals surface area contributed by atoms with Crippen molar-refractivity contribution in [2.24, 2.45) is 11.8 Å². The van der Waals surface area contributed by atoms with Crippen LogP contribution in [0.15, 0.2) is 0 Å². The molecule has 0 amide bonds. The summed E-state index contributed by atoms with van der Waals surface area (Å²) in [6.07, 6.45) is -1.82. The van der Waals surface area contributed by atoms with Crippen LogP contribution in [0.25, 0.3) is 0 Å². The van der Waals surface area contributed by atoms with Gasteiger partial charge >= 0.3 is 23.9 Å². The van der Waals surface area contributed by atoms with Gasteiger partial charge in [0.2, 0.25) is 0 Å². The molecule has 114 valence electrons. The molecule has 0 bridgehead atoms. The van der Waals surface area contributed by atoms with Crippen molar-refractivity contribution in [3.63, 3.8) is 0 Å².